The minimum atomic E-state index is -3.80. The maximum absolute atomic E-state index is 11.1. The van der Waals surface area contributed by atoms with Gasteiger partial charge in [-0.3, -0.25) is 0 Å². The molecule has 0 saturated heterocycles. The summed E-state index contributed by atoms with van der Waals surface area (Å²) in [5, 5.41) is 9.32. The van der Waals surface area contributed by atoms with Crippen LogP contribution in [-0.4, -0.2) is 20.6 Å². The van der Waals surface area contributed by atoms with Gasteiger partial charge < -0.3 is 9.84 Å². The summed E-state index contributed by atoms with van der Waals surface area (Å²) in [4.78, 5) is -0.0613. The number of methoxy groups -OCH3 is 1. The van der Waals surface area contributed by atoms with Crippen LogP contribution in [0.4, 0.5) is 0 Å². The number of ether oxygens (including phenoxy) is 1. The maximum Gasteiger partial charge on any atom is 0.261 e. The highest BCUT2D eigenvalue weighted by molar-refractivity contribution is 8.13. The van der Waals surface area contributed by atoms with Gasteiger partial charge in [0.1, 0.15) is 0 Å². The van der Waals surface area contributed by atoms with Gasteiger partial charge in [-0.2, -0.15) is 0 Å². The second kappa shape index (κ2) is 3.67. The van der Waals surface area contributed by atoms with Crippen LogP contribution in [0.3, 0.4) is 0 Å². The summed E-state index contributed by atoms with van der Waals surface area (Å²) in [7, 11) is 2.71. The van der Waals surface area contributed by atoms with E-state index < -0.39 is 9.05 Å². The number of halogens is 1. The molecule has 4 nitrogen and oxygen atoms in total. The molecule has 0 heterocycles. The number of hydrogen-bond donors (Lipinski definition) is 1. The van der Waals surface area contributed by atoms with Gasteiger partial charge in [0.25, 0.3) is 9.05 Å². The highest BCUT2D eigenvalue weighted by atomic mass is 35.7. The molecule has 0 fully saturated rings. The van der Waals surface area contributed by atoms with Crippen LogP contribution >= 0.6 is 10.7 Å². The minimum Gasteiger partial charge on any atom is -0.504 e. The molecule has 1 N–H and O–H groups in total. The monoisotopic (exact) mass is 236 g/mol. The average molecular weight is 237 g/mol. The molecule has 0 aliphatic heterocycles. The fraction of sp³-hybridized carbons (Fsp3) is 0.250. The van der Waals surface area contributed by atoms with Crippen molar-refractivity contribution < 1.29 is 18.3 Å². The van der Waals surface area contributed by atoms with Crippen LogP contribution in [0, 0.1) is 6.92 Å². The SMILES string of the molecule is COc1cc(S(=O)(=O)Cl)c(C)cc1O. The molecule has 0 atom stereocenters. The van der Waals surface area contributed by atoms with E-state index >= 15 is 0 Å². The van der Waals surface area contributed by atoms with Crippen LogP contribution < -0.4 is 4.74 Å². The molecule has 0 amide bonds. The predicted octanol–water partition coefficient (Wildman–Crippen LogP) is 1.64. The summed E-state index contributed by atoms with van der Waals surface area (Å²) in [5.74, 6) is -0.0381. The largest absolute Gasteiger partial charge is 0.504 e. The normalized spacial score (nSPS) is 11.4. The standard InChI is InChI=1S/C8H9ClO4S/c1-5-3-6(10)7(13-2)4-8(5)14(9,11)12/h3-4,10H,1-2H3. The van der Waals surface area contributed by atoms with E-state index in [1.165, 1.54) is 26.2 Å². The average Bonchev–Trinajstić information content (AvgIpc) is 2.02. The zero-order valence-corrected chi connectivity index (χ0v) is 9.19. The van der Waals surface area contributed by atoms with Gasteiger partial charge in [0.05, 0.1) is 12.0 Å². The molecule has 78 valence electrons. The summed E-state index contributed by atoms with van der Waals surface area (Å²) >= 11 is 0. The summed E-state index contributed by atoms with van der Waals surface area (Å²) in [6.45, 7) is 1.54. The lowest BCUT2D eigenvalue weighted by Gasteiger charge is -2.07. The van der Waals surface area contributed by atoms with Crippen LogP contribution in [0.15, 0.2) is 17.0 Å². The number of hydrogen-bond acceptors (Lipinski definition) is 4. The number of benzene rings is 1. The zero-order chi connectivity index (χ0) is 10.9. The quantitative estimate of drug-likeness (QED) is 0.793. The number of aromatic hydroxyl groups is 1. The van der Waals surface area contributed by atoms with Crippen molar-refractivity contribution in [2.45, 2.75) is 11.8 Å². The second-order valence-electron chi connectivity index (χ2n) is 2.73. The van der Waals surface area contributed by atoms with Crippen molar-refractivity contribution in [2.75, 3.05) is 7.11 Å². The Hall–Kier alpha value is -0.940. The fourth-order valence-electron chi connectivity index (χ4n) is 1.08. The lowest BCUT2D eigenvalue weighted by Crippen LogP contribution is -1.96. The Bertz CT molecular complexity index is 453. The molecule has 14 heavy (non-hydrogen) atoms. The topological polar surface area (TPSA) is 63.6 Å². The molecule has 0 aliphatic rings. The smallest absolute Gasteiger partial charge is 0.261 e. The maximum atomic E-state index is 11.1. The Morgan fingerprint density at radius 1 is 1.43 bits per heavy atom. The van der Waals surface area contributed by atoms with Gasteiger partial charge in [0, 0.05) is 16.7 Å². The van der Waals surface area contributed by atoms with Crippen molar-refractivity contribution in [1.82, 2.24) is 0 Å². The molecule has 0 aliphatic carbocycles. The molecule has 1 aromatic rings. The number of rotatable bonds is 2. The summed E-state index contributed by atoms with van der Waals surface area (Å²) in [5.41, 5.74) is 0.373. The Morgan fingerprint density at radius 2 is 2.00 bits per heavy atom. The number of phenolic OH excluding ortho intramolecular Hbond substituents is 1. The molecular weight excluding hydrogens is 228 g/mol. The third-order valence-electron chi connectivity index (χ3n) is 1.74. The molecule has 0 unspecified atom stereocenters. The van der Waals surface area contributed by atoms with E-state index in [1.54, 1.807) is 0 Å². The first-order chi connectivity index (χ1) is 6.36. The molecule has 0 aromatic heterocycles. The third kappa shape index (κ3) is 2.10. The van der Waals surface area contributed by atoms with Gasteiger partial charge in [-0.05, 0) is 18.6 Å². The zero-order valence-electron chi connectivity index (χ0n) is 7.61. The third-order valence-corrected chi connectivity index (χ3v) is 3.20. The van der Waals surface area contributed by atoms with Crippen LogP contribution in [0.2, 0.25) is 0 Å². The summed E-state index contributed by atoms with van der Waals surface area (Å²) in [6.07, 6.45) is 0. The predicted molar refractivity (Wildman–Crippen MR) is 52.4 cm³/mol. The van der Waals surface area contributed by atoms with E-state index in [-0.39, 0.29) is 16.4 Å². The van der Waals surface area contributed by atoms with Crippen LogP contribution in [0.1, 0.15) is 5.56 Å². The van der Waals surface area contributed by atoms with Crippen LogP contribution in [0.5, 0.6) is 11.5 Å². The van der Waals surface area contributed by atoms with Gasteiger partial charge in [0.15, 0.2) is 11.5 Å². The molecule has 0 bridgehead atoms. The Kier molecular flexibility index (Phi) is 2.92. The lowest BCUT2D eigenvalue weighted by molar-refractivity contribution is 0.372. The molecule has 1 rings (SSSR count). The van der Waals surface area contributed by atoms with Crippen molar-refractivity contribution in [2.24, 2.45) is 0 Å². The molecule has 0 radical (unpaired) electrons. The van der Waals surface area contributed by atoms with E-state index in [2.05, 4.69) is 0 Å². The van der Waals surface area contributed by atoms with Gasteiger partial charge in [-0.1, -0.05) is 0 Å². The molecular formula is C8H9ClO4S. The van der Waals surface area contributed by atoms with E-state index in [0.29, 0.717) is 5.56 Å². The van der Waals surface area contributed by atoms with Crippen LogP contribution in [-0.2, 0) is 9.05 Å². The van der Waals surface area contributed by atoms with Crippen LogP contribution in [0.25, 0.3) is 0 Å². The van der Waals surface area contributed by atoms with E-state index in [4.69, 9.17) is 15.4 Å². The Labute approximate surface area is 86.5 Å². The first kappa shape index (κ1) is 11.1. The summed E-state index contributed by atoms with van der Waals surface area (Å²) < 4.78 is 26.9. The van der Waals surface area contributed by atoms with Gasteiger partial charge in [-0.15, -0.1) is 0 Å². The fourth-order valence-corrected chi connectivity index (χ4v) is 2.27. The van der Waals surface area contributed by atoms with E-state index in [9.17, 15) is 13.5 Å². The van der Waals surface area contributed by atoms with Crippen molar-refractivity contribution >= 4 is 19.7 Å². The van der Waals surface area contributed by atoms with Crippen molar-refractivity contribution in [1.29, 1.82) is 0 Å². The molecule has 1 aromatic carbocycles. The van der Waals surface area contributed by atoms with Gasteiger partial charge in [-0.25, -0.2) is 8.42 Å². The highest BCUT2D eigenvalue weighted by Gasteiger charge is 2.16. The lowest BCUT2D eigenvalue weighted by atomic mass is 10.2. The Morgan fingerprint density at radius 3 is 2.43 bits per heavy atom. The Balaban J connectivity index is 3.47. The number of phenols is 1. The highest BCUT2D eigenvalue weighted by Crippen LogP contribution is 2.32. The van der Waals surface area contributed by atoms with Gasteiger partial charge >= 0.3 is 0 Å². The second-order valence-corrected chi connectivity index (χ2v) is 5.26. The first-order valence-electron chi connectivity index (χ1n) is 3.68. The number of aryl methyl sites for hydroxylation is 1. The van der Waals surface area contributed by atoms with E-state index in [1.807, 2.05) is 0 Å². The van der Waals surface area contributed by atoms with Crippen molar-refractivity contribution in [3.8, 4) is 11.5 Å². The first-order valence-corrected chi connectivity index (χ1v) is 5.99. The molecule has 0 saturated carbocycles. The summed E-state index contributed by atoms with van der Waals surface area (Å²) in [6, 6.07) is 2.47. The molecule has 6 heteroatoms. The van der Waals surface area contributed by atoms with E-state index in [0.717, 1.165) is 0 Å². The minimum absolute atomic E-state index is 0.0613. The van der Waals surface area contributed by atoms with Gasteiger partial charge in [0.2, 0.25) is 0 Å². The van der Waals surface area contributed by atoms with Crippen molar-refractivity contribution in [3.63, 3.8) is 0 Å². The molecule has 0 spiro atoms. The van der Waals surface area contributed by atoms with Crippen molar-refractivity contribution in [3.05, 3.63) is 17.7 Å².